The van der Waals surface area contributed by atoms with Crippen molar-refractivity contribution in [2.45, 2.75) is 77.0 Å². The molecule has 2 fully saturated rings. The maximum atomic E-state index is 14.6. The number of aromatic nitrogens is 4. The molecule has 3 aromatic rings. The number of piperidine rings is 1. The van der Waals surface area contributed by atoms with E-state index in [2.05, 4.69) is 20.6 Å². The summed E-state index contributed by atoms with van der Waals surface area (Å²) in [7, 11) is 0. The fourth-order valence-electron chi connectivity index (χ4n) is 5.56. The zero-order valence-corrected chi connectivity index (χ0v) is 23.8. The van der Waals surface area contributed by atoms with Crippen LogP contribution in [0.4, 0.5) is 35.5 Å². The SMILES string of the molecule is CC(C)(C)OC(=O)N1CCCC(Nc2ncc3nc(Nc4c(F)cc(F)cc4F)n(C4CCC(C(N)=O)CC4)c3n2)C1. The van der Waals surface area contributed by atoms with Gasteiger partial charge in [0.2, 0.25) is 17.8 Å². The topological polar surface area (TPSA) is 140 Å². The van der Waals surface area contributed by atoms with Gasteiger partial charge in [-0.05, 0) is 59.3 Å². The third kappa shape index (κ3) is 6.52. The van der Waals surface area contributed by atoms with Crippen LogP contribution in [-0.2, 0) is 9.53 Å². The number of hydrogen-bond donors (Lipinski definition) is 3. The summed E-state index contributed by atoms with van der Waals surface area (Å²) in [5.41, 5.74) is 5.16. The Bertz CT molecular complexity index is 1460. The van der Waals surface area contributed by atoms with Crippen molar-refractivity contribution in [1.82, 2.24) is 24.4 Å². The van der Waals surface area contributed by atoms with Crippen molar-refractivity contribution in [1.29, 1.82) is 0 Å². The van der Waals surface area contributed by atoms with Gasteiger partial charge in [0, 0.05) is 43.2 Å². The lowest BCUT2D eigenvalue weighted by molar-refractivity contribution is -0.122. The fourth-order valence-corrected chi connectivity index (χ4v) is 5.56. The highest BCUT2D eigenvalue weighted by atomic mass is 19.1. The van der Waals surface area contributed by atoms with Crippen LogP contribution in [0.15, 0.2) is 18.3 Å². The molecule has 1 aromatic carbocycles. The highest BCUT2D eigenvalue weighted by Gasteiger charge is 2.31. The number of ether oxygens (including phenoxy) is 1. The molecule has 1 unspecified atom stereocenters. The Morgan fingerprint density at radius 3 is 2.38 bits per heavy atom. The van der Waals surface area contributed by atoms with E-state index in [9.17, 15) is 22.8 Å². The van der Waals surface area contributed by atoms with Gasteiger partial charge in [-0.25, -0.2) is 27.9 Å². The van der Waals surface area contributed by atoms with Gasteiger partial charge in [-0.2, -0.15) is 4.98 Å². The smallest absolute Gasteiger partial charge is 0.410 e. The van der Waals surface area contributed by atoms with E-state index in [0.29, 0.717) is 68.0 Å². The number of nitrogens with two attached hydrogens (primary N) is 1. The second-order valence-electron chi connectivity index (χ2n) is 11.9. The van der Waals surface area contributed by atoms with E-state index in [-0.39, 0.29) is 36.0 Å². The highest BCUT2D eigenvalue weighted by Crippen LogP contribution is 2.37. The summed E-state index contributed by atoms with van der Waals surface area (Å²) >= 11 is 0. The van der Waals surface area contributed by atoms with Crippen molar-refractivity contribution in [3.63, 3.8) is 0 Å². The van der Waals surface area contributed by atoms with Gasteiger partial charge in [-0.3, -0.25) is 9.36 Å². The van der Waals surface area contributed by atoms with Crippen LogP contribution in [0.5, 0.6) is 0 Å². The molecule has 0 spiro atoms. The molecule has 3 heterocycles. The second-order valence-corrected chi connectivity index (χ2v) is 11.9. The van der Waals surface area contributed by atoms with Gasteiger partial charge in [0.1, 0.15) is 22.6 Å². The average Bonchev–Trinajstić information content (AvgIpc) is 3.27. The van der Waals surface area contributed by atoms with Crippen molar-refractivity contribution in [3.05, 3.63) is 35.8 Å². The Morgan fingerprint density at radius 1 is 1.05 bits per heavy atom. The number of hydrogen-bond acceptors (Lipinski definition) is 8. The molecule has 4 N–H and O–H groups in total. The lowest BCUT2D eigenvalue weighted by Gasteiger charge is -2.34. The van der Waals surface area contributed by atoms with Gasteiger partial charge in [-0.15, -0.1) is 0 Å². The standard InChI is InChI=1S/C28H35F3N8O3/c1-28(2,3)42-27(41)38-10-4-5-17(14-38)34-25-33-13-21-24(37-25)39(18-8-6-15(7-9-18)23(32)40)26(35-21)36-22-19(30)11-16(29)12-20(22)31/h11-13,15,17-18H,4-10,14H2,1-3H3,(H2,32,40)(H,35,36)(H,33,34,37). The van der Waals surface area contributed by atoms with Crippen molar-refractivity contribution in [2.75, 3.05) is 23.7 Å². The largest absolute Gasteiger partial charge is 0.444 e. The first-order valence-corrected chi connectivity index (χ1v) is 14.1. The zero-order chi connectivity index (χ0) is 30.2. The van der Waals surface area contributed by atoms with E-state index in [1.165, 1.54) is 6.20 Å². The minimum absolute atomic E-state index is 0.108. The summed E-state index contributed by atoms with van der Waals surface area (Å²) in [6.07, 6.45) is 4.87. The van der Waals surface area contributed by atoms with Crippen molar-refractivity contribution < 1.29 is 27.5 Å². The van der Waals surface area contributed by atoms with Crippen LogP contribution in [0.1, 0.15) is 65.3 Å². The Kier molecular flexibility index (Phi) is 8.15. The molecule has 0 radical (unpaired) electrons. The van der Waals surface area contributed by atoms with Gasteiger partial charge >= 0.3 is 6.09 Å². The predicted octanol–water partition coefficient (Wildman–Crippen LogP) is 5.02. The van der Waals surface area contributed by atoms with Crippen molar-refractivity contribution in [2.24, 2.45) is 11.7 Å². The number of amides is 2. The molecule has 1 atom stereocenters. The number of carbonyl (C=O) groups is 2. The summed E-state index contributed by atoms with van der Waals surface area (Å²) in [4.78, 5) is 39.6. The molecule has 226 valence electrons. The van der Waals surface area contributed by atoms with Gasteiger partial charge in [0.05, 0.1) is 6.20 Å². The number of nitrogens with one attached hydrogen (secondary N) is 2. The molecule has 1 saturated heterocycles. The third-order valence-corrected chi connectivity index (χ3v) is 7.55. The summed E-state index contributed by atoms with van der Waals surface area (Å²) in [6, 6.07) is 0.831. The molecule has 1 saturated carbocycles. The molecular formula is C28H35F3N8O3. The van der Waals surface area contributed by atoms with Crippen LogP contribution in [0.25, 0.3) is 11.2 Å². The van der Waals surface area contributed by atoms with Crippen molar-refractivity contribution >= 4 is 40.7 Å². The first kappa shape index (κ1) is 29.4. The van der Waals surface area contributed by atoms with Gasteiger partial charge in [0.25, 0.3) is 0 Å². The Hall–Kier alpha value is -4.10. The Labute approximate surface area is 241 Å². The molecule has 5 rings (SSSR count). The molecular weight excluding hydrogens is 553 g/mol. The average molecular weight is 589 g/mol. The van der Waals surface area contributed by atoms with E-state index >= 15 is 0 Å². The van der Waals surface area contributed by atoms with Crippen LogP contribution in [0, 0.1) is 23.4 Å². The number of anilines is 3. The van der Waals surface area contributed by atoms with Crippen molar-refractivity contribution in [3.8, 4) is 0 Å². The molecule has 42 heavy (non-hydrogen) atoms. The number of imidazole rings is 1. The molecule has 2 aliphatic rings. The van der Waals surface area contributed by atoms with Crippen LogP contribution >= 0.6 is 0 Å². The first-order chi connectivity index (χ1) is 19.9. The molecule has 1 aliphatic heterocycles. The molecule has 11 nitrogen and oxygen atoms in total. The molecule has 2 amide bonds. The lowest BCUT2D eigenvalue weighted by atomic mass is 9.85. The second kappa shape index (κ2) is 11.6. The number of halogens is 3. The maximum Gasteiger partial charge on any atom is 0.410 e. The maximum absolute atomic E-state index is 14.6. The number of primary amides is 1. The third-order valence-electron chi connectivity index (χ3n) is 7.55. The Balaban J connectivity index is 1.44. The zero-order valence-electron chi connectivity index (χ0n) is 23.8. The van der Waals surface area contributed by atoms with Gasteiger partial charge in [0.15, 0.2) is 17.3 Å². The summed E-state index contributed by atoms with van der Waals surface area (Å²) in [6.45, 7) is 6.44. The number of likely N-dealkylation sites (tertiary alicyclic amines) is 1. The molecule has 1 aliphatic carbocycles. The molecule has 14 heteroatoms. The van der Waals surface area contributed by atoms with Crippen LogP contribution in [-0.4, -0.2) is 61.2 Å². The van der Waals surface area contributed by atoms with Gasteiger partial charge < -0.3 is 26.0 Å². The minimum Gasteiger partial charge on any atom is -0.444 e. The van der Waals surface area contributed by atoms with Crippen LogP contribution < -0.4 is 16.4 Å². The molecule has 0 bridgehead atoms. The monoisotopic (exact) mass is 588 g/mol. The Morgan fingerprint density at radius 2 is 1.74 bits per heavy atom. The van der Waals surface area contributed by atoms with E-state index in [1.54, 1.807) is 9.47 Å². The van der Waals surface area contributed by atoms with Crippen LogP contribution in [0.3, 0.4) is 0 Å². The molecule has 2 aromatic heterocycles. The highest BCUT2D eigenvalue weighted by molar-refractivity contribution is 5.78. The van der Waals surface area contributed by atoms with Gasteiger partial charge in [-0.1, -0.05) is 0 Å². The first-order valence-electron chi connectivity index (χ1n) is 14.1. The van der Waals surface area contributed by atoms with E-state index < -0.39 is 28.7 Å². The number of carbonyl (C=O) groups excluding carboxylic acids is 2. The van der Waals surface area contributed by atoms with E-state index in [4.69, 9.17) is 15.5 Å². The normalized spacial score (nSPS) is 21.3. The number of fused-ring (bicyclic) bond motifs is 1. The summed E-state index contributed by atoms with van der Waals surface area (Å²) < 4.78 is 49.9. The van der Waals surface area contributed by atoms with E-state index in [1.807, 2.05) is 20.8 Å². The number of nitrogens with zero attached hydrogens (tertiary/aromatic N) is 5. The van der Waals surface area contributed by atoms with E-state index in [0.717, 1.165) is 12.8 Å². The van der Waals surface area contributed by atoms with Crippen LogP contribution in [0.2, 0.25) is 0 Å². The number of rotatable bonds is 6. The fraction of sp³-hybridized carbons (Fsp3) is 0.536. The quantitative estimate of drug-likeness (QED) is 0.365. The number of benzene rings is 1. The summed E-state index contributed by atoms with van der Waals surface area (Å²) in [5.74, 6) is -3.46. The predicted molar refractivity (Wildman–Crippen MR) is 150 cm³/mol. The minimum atomic E-state index is -1.11. The lowest BCUT2D eigenvalue weighted by Crippen LogP contribution is -2.47. The summed E-state index contributed by atoms with van der Waals surface area (Å²) in [5, 5.41) is 5.99.